The van der Waals surface area contributed by atoms with Crippen molar-refractivity contribution in [3.05, 3.63) is 41.6 Å². The molecule has 2 aromatic rings. The Morgan fingerprint density at radius 2 is 1.94 bits per heavy atom. The van der Waals surface area contributed by atoms with Crippen LogP contribution in [0.5, 0.6) is 0 Å². The van der Waals surface area contributed by atoms with E-state index in [1.54, 1.807) is 0 Å². The number of benzene rings is 1. The third kappa shape index (κ3) is 2.83. The van der Waals surface area contributed by atoms with Gasteiger partial charge in [-0.05, 0) is 43.0 Å². The van der Waals surface area contributed by atoms with Crippen LogP contribution < -0.4 is 5.73 Å². The van der Waals surface area contributed by atoms with Gasteiger partial charge in [-0.25, -0.2) is 0 Å². The smallest absolute Gasteiger partial charge is 0.0705 e. The lowest BCUT2D eigenvalue weighted by atomic mass is 9.97. The summed E-state index contributed by atoms with van der Waals surface area (Å²) in [5.74, 6) is 0.622. The van der Waals surface area contributed by atoms with Crippen LogP contribution in [0.3, 0.4) is 0 Å². The van der Waals surface area contributed by atoms with Gasteiger partial charge in [-0.15, -0.1) is 0 Å². The lowest BCUT2D eigenvalue weighted by molar-refractivity contribution is 0.510. The highest BCUT2D eigenvalue weighted by molar-refractivity contribution is 5.79. The molecule has 2 nitrogen and oxygen atoms in total. The van der Waals surface area contributed by atoms with Crippen LogP contribution in [0.1, 0.15) is 37.6 Å². The molecule has 0 saturated heterocycles. The molecule has 0 aliphatic carbocycles. The lowest BCUT2D eigenvalue weighted by Crippen LogP contribution is -2.12. The van der Waals surface area contributed by atoms with E-state index < -0.39 is 0 Å². The van der Waals surface area contributed by atoms with Gasteiger partial charge < -0.3 is 5.73 Å². The Kier molecular flexibility index (Phi) is 3.43. The second-order valence-corrected chi connectivity index (χ2v) is 5.14. The molecule has 1 aromatic heterocycles. The number of nitrogens with zero attached hydrogens (tertiary/aromatic N) is 1. The summed E-state index contributed by atoms with van der Waals surface area (Å²) in [5.41, 5.74) is 9.50. The fourth-order valence-corrected chi connectivity index (χ4v) is 2.12. The average molecular weight is 228 g/mol. The Morgan fingerprint density at radius 3 is 2.65 bits per heavy atom. The van der Waals surface area contributed by atoms with Gasteiger partial charge in [0.15, 0.2) is 0 Å². The summed E-state index contributed by atoms with van der Waals surface area (Å²) in [4.78, 5) is 4.50. The van der Waals surface area contributed by atoms with Crippen molar-refractivity contribution in [3.63, 3.8) is 0 Å². The Bertz CT molecular complexity index is 517. The molecule has 1 heterocycles. The van der Waals surface area contributed by atoms with Crippen molar-refractivity contribution in [3.8, 4) is 0 Å². The van der Waals surface area contributed by atoms with Crippen LogP contribution in [0.25, 0.3) is 10.9 Å². The van der Waals surface area contributed by atoms with Gasteiger partial charge in [-0.3, -0.25) is 4.98 Å². The number of aryl methyl sites for hydroxylation is 1. The highest BCUT2D eigenvalue weighted by Gasteiger charge is 2.09. The highest BCUT2D eigenvalue weighted by atomic mass is 14.7. The maximum atomic E-state index is 6.20. The van der Waals surface area contributed by atoms with Crippen molar-refractivity contribution < 1.29 is 0 Å². The zero-order chi connectivity index (χ0) is 12.4. The first-order valence-corrected chi connectivity index (χ1v) is 6.19. The molecule has 0 bridgehead atoms. The number of hydrogen-bond acceptors (Lipinski definition) is 2. The van der Waals surface area contributed by atoms with Gasteiger partial charge in [0.1, 0.15) is 0 Å². The van der Waals surface area contributed by atoms with E-state index in [1.807, 2.05) is 13.0 Å². The number of rotatable bonds is 3. The molecule has 0 spiro atoms. The first kappa shape index (κ1) is 12.1. The second-order valence-electron chi connectivity index (χ2n) is 5.14. The van der Waals surface area contributed by atoms with Gasteiger partial charge >= 0.3 is 0 Å². The molecule has 90 valence electrons. The molecule has 2 heteroatoms. The van der Waals surface area contributed by atoms with Gasteiger partial charge in [-0.2, -0.15) is 0 Å². The zero-order valence-electron chi connectivity index (χ0n) is 10.8. The van der Waals surface area contributed by atoms with Crippen LogP contribution in [-0.2, 0) is 0 Å². The summed E-state index contributed by atoms with van der Waals surface area (Å²) >= 11 is 0. The van der Waals surface area contributed by atoms with Crippen molar-refractivity contribution in [1.82, 2.24) is 4.98 Å². The van der Waals surface area contributed by atoms with Gasteiger partial charge in [0.05, 0.1) is 5.52 Å². The van der Waals surface area contributed by atoms with Crippen LogP contribution in [-0.4, -0.2) is 4.98 Å². The number of hydrogen-bond donors (Lipinski definition) is 1. The van der Waals surface area contributed by atoms with Gasteiger partial charge in [0.25, 0.3) is 0 Å². The molecule has 0 radical (unpaired) electrons. The van der Waals surface area contributed by atoms with Crippen LogP contribution in [0, 0.1) is 12.8 Å². The molecule has 0 amide bonds. The molecule has 1 aromatic carbocycles. The van der Waals surface area contributed by atoms with Crippen molar-refractivity contribution >= 4 is 10.9 Å². The predicted octanol–water partition coefficient (Wildman–Crippen LogP) is 3.59. The number of fused-ring (bicyclic) bond motifs is 1. The maximum Gasteiger partial charge on any atom is 0.0705 e. The number of nitrogens with two attached hydrogens (primary N) is 1. The topological polar surface area (TPSA) is 38.9 Å². The molecule has 0 aliphatic heterocycles. The lowest BCUT2D eigenvalue weighted by Gasteiger charge is -2.15. The minimum Gasteiger partial charge on any atom is -0.324 e. The Labute approximate surface area is 103 Å². The number of pyridine rings is 1. The summed E-state index contributed by atoms with van der Waals surface area (Å²) in [6.45, 7) is 6.41. The minimum absolute atomic E-state index is 0.126. The monoisotopic (exact) mass is 228 g/mol. The van der Waals surface area contributed by atoms with Gasteiger partial charge in [0.2, 0.25) is 0 Å². The normalized spacial score (nSPS) is 13.2. The summed E-state index contributed by atoms with van der Waals surface area (Å²) in [7, 11) is 0. The Morgan fingerprint density at radius 1 is 1.18 bits per heavy atom. The largest absolute Gasteiger partial charge is 0.324 e. The fourth-order valence-electron chi connectivity index (χ4n) is 2.12. The molecule has 0 saturated carbocycles. The molecule has 17 heavy (non-hydrogen) atoms. The molecule has 1 unspecified atom stereocenters. The first-order valence-electron chi connectivity index (χ1n) is 6.19. The van der Waals surface area contributed by atoms with E-state index in [0.29, 0.717) is 5.92 Å². The fraction of sp³-hybridized carbons (Fsp3) is 0.400. The van der Waals surface area contributed by atoms with Gasteiger partial charge in [-0.1, -0.05) is 26.0 Å². The Balaban J connectivity index is 2.34. The van der Waals surface area contributed by atoms with Crippen LogP contribution >= 0.6 is 0 Å². The van der Waals surface area contributed by atoms with Crippen LogP contribution in [0.4, 0.5) is 0 Å². The van der Waals surface area contributed by atoms with Crippen LogP contribution in [0.2, 0.25) is 0 Å². The molecular weight excluding hydrogens is 208 g/mol. The quantitative estimate of drug-likeness (QED) is 0.872. The molecular formula is C15H20N2. The van der Waals surface area contributed by atoms with E-state index >= 15 is 0 Å². The van der Waals surface area contributed by atoms with E-state index in [9.17, 15) is 0 Å². The van der Waals surface area contributed by atoms with E-state index in [-0.39, 0.29) is 6.04 Å². The van der Waals surface area contributed by atoms with Crippen molar-refractivity contribution in [2.45, 2.75) is 33.2 Å². The second kappa shape index (κ2) is 4.84. The highest BCUT2D eigenvalue weighted by Crippen LogP contribution is 2.22. The third-order valence-electron chi connectivity index (χ3n) is 3.01. The van der Waals surface area contributed by atoms with Crippen molar-refractivity contribution in [1.29, 1.82) is 0 Å². The molecule has 2 N–H and O–H groups in total. The summed E-state index contributed by atoms with van der Waals surface area (Å²) in [6, 6.07) is 10.6. The van der Waals surface area contributed by atoms with E-state index in [4.69, 9.17) is 5.73 Å². The third-order valence-corrected chi connectivity index (χ3v) is 3.01. The molecule has 1 atom stereocenters. The van der Waals surface area contributed by atoms with Gasteiger partial charge in [0, 0.05) is 17.1 Å². The van der Waals surface area contributed by atoms with Crippen LogP contribution in [0.15, 0.2) is 30.3 Å². The van der Waals surface area contributed by atoms with Crippen molar-refractivity contribution in [2.75, 3.05) is 0 Å². The summed E-state index contributed by atoms with van der Waals surface area (Å²) in [5, 5.41) is 1.17. The molecule has 0 fully saturated rings. The molecule has 2 rings (SSSR count). The maximum absolute atomic E-state index is 6.20. The van der Waals surface area contributed by atoms with Crippen molar-refractivity contribution in [2.24, 2.45) is 11.7 Å². The van der Waals surface area contributed by atoms with E-state index in [1.165, 1.54) is 10.9 Å². The first-order chi connectivity index (χ1) is 8.06. The summed E-state index contributed by atoms with van der Waals surface area (Å²) in [6.07, 6.45) is 1.02. The summed E-state index contributed by atoms with van der Waals surface area (Å²) < 4.78 is 0. The minimum atomic E-state index is 0.126. The van der Waals surface area contributed by atoms with E-state index in [2.05, 4.69) is 43.1 Å². The average Bonchev–Trinajstić information content (AvgIpc) is 2.27. The predicted molar refractivity (Wildman–Crippen MR) is 72.9 cm³/mol. The zero-order valence-corrected chi connectivity index (χ0v) is 10.8. The SMILES string of the molecule is Cc1ccc2cc(C(N)CC(C)C)ccc2n1. The molecule has 0 aliphatic rings. The number of aromatic nitrogens is 1. The van der Waals surface area contributed by atoms with E-state index in [0.717, 1.165) is 17.6 Å². The Hall–Kier alpha value is -1.41. The standard InChI is InChI=1S/C15H20N2/c1-10(2)8-14(16)12-6-7-15-13(9-12)5-4-11(3)17-15/h4-7,9-10,14H,8,16H2,1-3H3.